The highest BCUT2D eigenvalue weighted by atomic mass is 16.7. The zero-order chi connectivity index (χ0) is 22.9. The van der Waals surface area contributed by atoms with Crippen molar-refractivity contribution in [1.82, 2.24) is 0 Å². The van der Waals surface area contributed by atoms with Crippen molar-refractivity contribution < 1.29 is 19.1 Å². The molecule has 12 atom stereocenters. The SMILES string of the molecule is CC1CC[C@@]2(OC1)O[C@H]1C[C@H]3C(C=O)[C@@H]([C@@]4(C)CC[C@H](C)C[C@@H]4C=O)CC[C@]3(C)[C@H]1[C@@H]2C. The van der Waals surface area contributed by atoms with E-state index in [4.69, 9.17) is 9.47 Å². The molecule has 0 aromatic rings. The topological polar surface area (TPSA) is 52.6 Å². The maximum Gasteiger partial charge on any atom is 0.171 e. The Hall–Kier alpha value is -0.740. The van der Waals surface area contributed by atoms with E-state index in [2.05, 4.69) is 34.6 Å². The summed E-state index contributed by atoms with van der Waals surface area (Å²) >= 11 is 0. The number of hydrogen-bond donors (Lipinski definition) is 0. The number of aldehydes is 2. The zero-order valence-electron chi connectivity index (χ0n) is 20.8. The molecular formula is C28H44O4. The predicted molar refractivity (Wildman–Crippen MR) is 124 cm³/mol. The van der Waals surface area contributed by atoms with Crippen molar-refractivity contribution >= 4 is 12.6 Å². The van der Waals surface area contributed by atoms with Gasteiger partial charge in [-0.1, -0.05) is 41.0 Å². The minimum absolute atomic E-state index is 0.0410. The third-order valence-corrected chi connectivity index (χ3v) is 11.4. The van der Waals surface area contributed by atoms with E-state index in [1.54, 1.807) is 0 Å². The molecule has 5 fully saturated rings. The highest BCUT2D eigenvalue weighted by Crippen LogP contribution is 2.69. The van der Waals surface area contributed by atoms with Gasteiger partial charge < -0.3 is 19.1 Å². The van der Waals surface area contributed by atoms with E-state index in [-0.39, 0.29) is 28.8 Å². The molecule has 0 bridgehead atoms. The van der Waals surface area contributed by atoms with Crippen LogP contribution in [0.15, 0.2) is 0 Å². The Balaban J connectivity index is 1.41. The largest absolute Gasteiger partial charge is 0.349 e. The van der Waals surface area contributed by atoms with Crippen molar-refractivity contribution in [2.24, 2.45) is 58.2 Å². The van der Waals surface area contributed by atoms with Crippen molar-refractivity contribution in [2.75, 3.05) is 6.61 Å². The van der Waals surface area contributed by atoms with Crippen LogP contribution in [-0.4, -0.2) is 31.1 Å². The minimum Gasteiger partial charge on any atom is -0.349 e. The molecule has 4 heteroatoms. The van der Waals surface area contributed by atoms with E-state index < -0.39 is 5.79 Å². The minimum atomic E-state index is -0.405. The summed E-state index contributed by atoms with van der Waals surface area (Å²) in [6.45, 7) is 12.5. The highest BCUT2D eigenvalue weighted by molar-refractivity contribution is 5.59. The normalized spacial score (nSPS) is 57.7. The van der Waals surface area contributed by atoms with Crippen LogP contribution in [0.5, 0.6) is 0 Å². The number of hydrogen-bond acceptors (Lipinski definition) is 4. The van der Waals surface area contributed by atoms with Crippen molar-refractivity contribution in [3.05, 3.63) is 0 Å². The summed E-state index contributed by atoms with van der Waals surface area (Å²) in [5.74, 6) is 2.45. The van der Waals surface area contributed by atoms with Crippen molar-refractivity contribution in [1.29, 1.82) is 0 Å². The van der Waals surface area contributed by atoms with Crippen LogP contribution in [0, 0.1) is 58.2 Å². The van der Waals surface area contributed by atoms with Gasteiger partial charge >= 0.3 is 0 Å². The van der Waals surface area contributed by atoms with Crippen LogP contribution in [0.4, 0.5) is 0 Å². The molecular weight excluding hydrogens is 400 g/mol. The molecule has 1 spiro atoms. The monoisotopic (exact) mass is 444 g/mol. The fourth-order valence-electron chi connectivity index (χ4n) is 9.41. The summed E-state index contributed by atoms with van der Waals surface area (Å²) in [5.41, 5.74) is 0.0757. The second-order valence-electron chi connectivity index (χ2n) is 13.1. The Morgan fingerprint density at radius 3 is 2.19 bits per heavy atom. The van der Waals surface area contributed by atoms with Crippen LogP contribution in [-0.2, 0) is 19.1 Å². The molecule has 2 aliphatic heterocycles. The van der Waals surface area contributed by atoms with Gasteiger partial charge in [0.2, 0.25) is 0 Å². The van der Waals surface area contributed by atoms with Gasteiger partial charge in [0.1, 0.15) is 12.6 Å². The highest BCUT2D eigenvalue weighted by Gasteiger charge is 2.68. The second kappa shape index (κ2) is 7.90. The molecule has 0 aromatic carbocycles. The Morgan fingerprint density at radius 2 is 1.53 bits per heavy atom. The zero-order valence-corrected chi connectivity index (χ0v) is 20.8. The molecule has 2 heterocycles. The number of carbonyl (C=O) groups excluding carboxylic acids is 2. The first-order valence-electron chi connectivity index (χ1n) is 13.4. The number of carbonyl (C=O) groups is 2. The first kappa shape index (κ1) is 23.0. The van der Waals surface area contributed by atoms with E-state index in [9.17, 15) is 9.59 Å². The predicted octanol–water partition coefficient (Wildman–Crippen LogP) is 5.67. The fraction of sp³-hybridized carbons (Fsp3) is 0.929. The third-order valence-electron chi connectivity index (χ3n) is 11.4. The molecule has 0 amide bonds. The fourth-order valence-corrected chi connectivity index (χ4v) is 9.41. The Kier molecular flexibility index (Phi) is 5.68. The molecule has 3 saturated carbocycles. The van der Waals surface area contributed by atoms with Crippen molar-refractivity contribution in [3.63, 3.8) is 0 Å². The van der Waals surface area contributed by atoms with Gasteiger partial charge in [0.15, 0.2) is 5.79 Å². The maximum absolute atomic E-state index is 12.7. The summed E-state index contributed by atoms with van der Waals surface area (Å²) in [7, 11) is 0. The summed E-state index contributed by atoms with van der Waals surface area (Å²) < 4.78 is 13.2. The lowest BCUT2D eigenvalue weighted by Crippen LogP contribution is -2.53. The lowest BCUT2D eigenvalue weighted by atomic mass is 9.48. The van der Waals surface area contributed by atoms with E-state index in [0.717, 1.165) is 45.1 Å². The molecule has 32 heavy (non-hydrogen) atoms. The van der Waals surface area contributed by atoms with E-state index in [1.165, 1.54) is 25.4 Å². The van der Waals surface area contributed by atoms with Crippen LogP contribution < -0.4 is 0 Å². The number of ether oxygens (including phenoxy) is 2. The average molecular weight is 445 g/mol. The molecule has 5 rings (SSSR count). The lowest BCUT2D eigenvalue weighted by molar-refractivity contribution is -0.272. The molecule has 4 nitrogen and oxygen atoms in total. The molecule has 5 aliphatic rings. The lowest BCUT2D eigenvalue weighted by Gasteiger charge is -2.56. The van der Waals surface area contributed by atoms with E-state index >= 15 is 0 Å². The van der Waals surface area contributed by atoms with Gasteiger partial charge in [-0.3, -0.25) is 0 Å². The van der Waals surface area contributed by atoms with Gasteiger partial charge in [0.05, 0.1) is 12.7 Å². The first-order chi connectivity index (χ1) is 15.2. The van der Waals surface area contributed by atoms with Crippen LogP contribution in [0.2, 0.25) is 0 Å². The molecule has 0 aromatic heterocycles. The quantitative estimate of drug-likeness (QED) is 0.526. The Labute approximate surface area is 194 Å². The molecule has 2 unspecified atom stereocenters. The standard InChI is InChI=1S/C28H44O4/c1-17-6-9-26(4,20(12-17)14-29)22-8-10-27(5)23(21(22)15-30)13-24-25(27)19(3)28(32-24)11-7-18(2)16-31-28/h14-15,17-25H,6-13,16H2,1-5H3/t17-,18?,19-,20+,21?,22-,23-,24-,25-,26-,27-,28+/m0/s1. The van der Waals surface area contributed by atoms with Crippen LogP contribution in [0.25, 0.3) is 0 Å². The third kappa shape index (κ3) is 3.14. The number of fused-ring (bicyclic) bond motifs is 3. The Bertz CT molecular complexity index is 742. The van der Waals surface area contributed by atoms with Gasteiger partial charge in [0.25, 0.3) is 0 Å². The first-order valence-corrected chi connectivity index (χ1v) is 13.4. The second-order valence-corrected chi connectivity index (χ2v) is 13.1. The van der Waals surface area contributed by atoms with Crippen LogP contribution in [0.3, 0.4) is 0 Å². The average Bonchev–Trinajstić information content (AvgIpc) is 3.21. The summed E-state index contributed by atoms with van der Waals surface area (Å²) in [5, 5.41) is 0. The molecule has 2 saturated heterocycles. The van der Waals surface area contributed by atoms with Crippen LogP contribution >= 0.6 is 0 Å². The molecule has 0 radical (unpaired) electrons. The Morgan fingerprint density at radius 1 is 0.812 bits per heavy atom. The van der Waals surface area contributed by atoms with E-state index in [1.807, 2.05) is 0 Å². The van der Waals surface area contributed by atoms with Gasteiger partial charge in [-0.25, -0.2) is 0 Å². The summed E-state index contributed by atoms with van der Waals surface area (Å²) in [6.07, 6.45) is 11.3. The molecule has 180 valence electrons. The van der Waals surface area contributed by atoms with Gasteiger partial charge in [-0.2, -0.15) is 0 Å². The molecule has 0 N–H and O–H groups in total. The van der Waals surface area contributed by atoms with Crippen molar-refractivity contribution in [2.45, 2.75) is 97.9 Å². The summed E-state index contributed by atoms with van der Waals surface area (Å²) in [4.78, 5) is 24.8. The van der Waals surface area contributed by atoms with Gasteiger partial charge in [-0.15, -0.1) is 0 Å². The maximum atomic E-state index is 12.7. The van der Waals surface area contributed by atoms with Gasteiger partial charge in [0, 0.05) is 24.2 Å². The summed E-state index contributed by atoms with van der Waals surface area (Å²) in [6, 6.07) is 0. The van der Waals surface area contributed by atoms with Crippen LogP contribution in [0.1, 0.15) is 86.0 Å². The number of rotatable bonds is 3. The van der Waals surface area contributed by atoms with Crippen molar-refractivity contribution in [3.8, 4) is 0 Å². The smallest absolute Gasteiger partial charge is 0.171 e. The van der Waals surface area contributed by atoms with E-state index in [0.29, 0.717) is 35.5 Å². The van der Waals surface area contributed by atoms with Gasteiger partial charge in [-0.05, 0) is 78.9 Å². The molecule has 3 aliphatic carbocycles.